The van der Waals surface area contributed by atoms with Gasteiger partial charge in [0.05, 0.1) is 46.9 Å². The van der Waals surface area contributed by atoms with E-state index in [4.69, 9.17) is 4.74 Å². The van der Waals surface area contributed by atoms with Crippen molar-refractivity contribution in [2.24, 2.45) is 29.1 Å². The summed E-state index contributed by atoms with van der Waals surface area (Å²) in [6.07, 6.45) is 2.00. The summed E-state index contributed by atoms with van der Waals surface area (Å²) in [5.41, 5.74) is 0.618. The molecule has 2 aliphatic carbocycles. The van der Waals surface area contributed by atoms with Crippen molar-refractivity contribution < 1.29 is 38.9 Å². The third kappa shape index (κ3) is 3.93. The maximum atomic E-state index is 14.4. The zero-order valence-electron chi connectivity index (χ0n) is 23.0. The third-order valence-corrected chi connectivity index (χ3v) is 10.1. The van der Waals surface area contributed by atoms with Crippen LogP contribution in [0.2, 0.25) is 0 Å². The number of amides is 4. The monoisotopic (exact) mass is 636 g/mol. The molecular weight excluding hydrogens is 608 g/mol. The largest absolute Gasteiger partial charge is 0.503 e. The number of likely N-dealkylation sites (tertiary alicyclic amines) is 1. The zero-order valence-corrected chi connectivity index (χ0v) is 24.5. The molecule has 218 valence electrons. The first-order valence-corrected chi connectivity index (χ1v) is 14.6. The highest BCUT2D eigenvalue weighted by atomic mass is 79.9. The lowest BCUT2D eigenvalue weighted by Crippen LogP contribution is -2.48. The van der Waals surface area contributed by atoms with Crippen molar-refractivity contribution in [3.8, 4) is 11.5 Å². The Kier molecular flexibility index (Phi) is 6.75. The molecule has 4 aliphatic rings. The lowest BCUT2D eigenvalue weighted by atomic mass is 9.51. The number of rotatable bonds is 6. The van der Waals surface area contributed by atoms with Gasteiger partial charge in [-0.3, -0.25) is 28.9 Å². The molecular formula is C31H29BrN2O8. The first-order valence-electron chi connectivity index (χ1n) is 13.8. The summed E-state index contributed by atoms with van der Waals surface area (Å²) in [6, 6.07) is 12.0. The van der Waals surface area contributed by atoms with Gasteiger partial charge in [0.25, 0.3) is 0 Å². The molecule has 10 nitrogen and oxygen atoms in total. The van der Waals surface area contributed by atoms with Crippen LogP contribution in [0.25, 0.3) is 0 Å². The fourth-order valence-electron chi connectivity index (χ4n) is 7.63. The summed E-state index contributed by atoms with van der Waals surface area (Å²) in [6.45, 7) is 1.57. The number of carbonyl (C=O) groups is 5. The Bertz CT molecular complexity index is 1570. The fraction of sp³-hybridized carbons (Fsp3) is 0.387. The van der Waals surface area contributed by atoms with Gasteiger partial charge in [-0.2, -0.15) is 0 Å². The Labute approximate surface area is 250 Å². The molecule has 2 aromatic rings. The van der Waals surface area contributed by atoms with E-state index in [1.807, 2.05) is 6.08 Å². The standard InChI is InChI=1S/C31H29BrN2O8/c1-31-20(28(39)34(30(31)41)16-6-4-3-5-7-16)14-19-17(25(31)15-12-21(32)26(37)22(13-15)42-2)8-9-18-24(19)29(40)33(27(18)38)11-10-23(35)36/h3-8,12-13,18-20,24-25,37H,9-11,14H2,1-2H3,(H,35,36)/t18-,19+,20-,24-,25-,31+/m0/s1. The molecule has 0 bridgehead atoms. The fourth-order valence-corrected chi connectivity index (χ4v) is 8.09. The summed E-state index contributed by atoms with van der Waals surface area (Å²) in [7, 11) is 1.42. The number of para-hydroxylation sites is 1. The van der Waals surface area contributed by atoms with Crippen molar-refractivity contribution >= 4 is 51.2 Å². The number of carbonyl (C=O) groups excluding carboxylic acids is 4. The summed E-state index contributed by atoms with van der Waals surface area (Å²) in [4.78, 5) is 69.0. The Morgan fingerprint density at radius 1 is 1.07 bits per heavy atom. The maximum absolute atomic E-state index is 14.4. The van der Waals surface area contributed by atoms with Gasteiger partial charge in [0.2, 0.25) is 23.6 Å². The number of anilines is 1. The predicted octanol–water partition coefficient (Wildman–Crippen LogP) is 3.87. The molecule has 11 heteroatoms. The van der Waals surface area contributed by atoms with E-state index in [0.717, 1.165) is 10.5 Å². The maximum Gasteiger partial charge on any atom is 0.305 e. The van der Waals surface area contributed by atoms with Crippen LogP contribution in [-0.4, -0.2) is 58.4 Å². The zero-order chi connectivity index (χ0) is 30.1. The van der Waals surface area contributed by atoms with Gasteiger partial charge in [0.1, 0.15) is 0 Å². The van der Waals surface area contributed by atoms with Crippen LogP contribution < -0.4 is 9.64 Å². The number of ether oxygens (including phenoxy) is 1. The molecule has 6 atom stereocenters. The van der Waals surface area contributed by atoms with Gasteiger partial charge in [0, 0.05) is 12.5 Å². The van der Waals surface area contributed by atoms with Crippen molar-refractivity contribution in [1.29, 1.82) is 0 Å². The third-order valence-electron chi connectivity index (χ3n) is 9.53. The Morgan fingerprint density at radius 2 is 1.79 bits per heavy atom. The number of nitrogens with zero attached hydrogens (tertiary/aromatic N) is 2. The van der Waals surface area contributed by atoms with Gasteiger partial charge in [-0.25, -0.2) is 4.90 Å². The van der Waals surface area contributed by atoms with Crippen LogP contribution in [0, 0.1) is 29.1 Å². The summed E-state index contributed by atoms with van der Waals surface area (Å²) >= 11 is 3.39. The van der Waals surface area contributed by atoms with Crippen LogP contribution in [0.3, 0.4) is 0 Å². The highest BCUT2D eigenvalue weighted by Gasteiger charge is 2.67. The molecule has 0 spiro atoms. The molecule has 6 rings (SSSR count). The average molecular weight is 637 g/mol. The van der Waals surface area contributed by atoms with Crippen molar-refractivity contribution in [1.82, 2.24) is 4.90 Å². The number of benzene rings is 2. The van der Waals surface area contributed by atoms with Crippen LogP contribution in [0.4, 0.5) is 5.69 Å². The number of aliphatic carboxylic acids is 1. The first kappa shape index (κ1) is 28.1. The van der Waals surface area contributed by atoms with E-state index in [2.05, 4.69) is 15.9 Å². The number of phenols is 1. The Morgan fingerprint density at radius 3 is 2.45 bits per heavy atom. The van der Waals surface area contributed by atoms with Crippen LogP contribution in [0.5, 0.6) is 11.5 Å². The normalized spacial score (nSPS) is 30.2. The number of fused-ring (bicyclic) bond motifs is 4. The minimum absolute atomic E-state index is 0.113. The molecule has 2 N–H and O–H groups in total. The lowest BCUT2D eigenvalue weighted by Gasteiger charge is -2.49. The number of hydrogen-bond acceptors (Lipinski definition) is 7. The highest BCUT2D eigenvalue weighted by Crippen LogP contribution is 2.64. The van der Waals surface area contributed by atoms with E-state index in [1.165, 1.54) is 12.0 Å². The molecule has 2 heterocycles. The quantitative estimate of drug-likeness (QED) is 0.360. The van der Waals surface area contributed by atoms with Gasteiger partial charge in [-0.05, 0) is 71.4 Å². The average Bonchev–Trinajstić information content (AvgIpc) is 3.33. The summed E-state index contributed by atoms with van der Waals surface area (Å²) < 4.78 is 5.77. The number of carboxylic acids is 1. The molecule has 0 radical (unpaired) electrons. The number of allylic oxidation sites excluding steroid dienone is 2. The number of aromatic hydroxyl groups is 1. The minimum atomic E-state index is -1.24. The second-order valence-corrected chi connectivity index (χ2v) is 12.4. The Balaban J connectivity index is 1.51. The summed E-state index contributed by atoms with van der Waals surface area (Å²) in [5.74, 6) is -6.05. The predicted molar refractivity (Wildman–Crippen MR) is 152 cm³/mol. The van der Waals surface area contributed by atoms with E-state index >= 15 is 0 Å². The van der Waals surface area contributed by atoms with Crippen LogP contribution in [-0.2, 0) is 24.0 Å². The smallest absolute Gasteiger partial charge is 0.305 e. The van der Waals surface area contributed by atoms with E-state index in [-0.39, 0.29) is 49.1 Å². The van der Waals surface area contributed by atoms with E-state index in [9.17, 15) is 34.2 Å². The molecule has 2 aliphatic heterocycles. The van der Waals surface area contributed by atoms with E-state index in [0.29, 0.717) is 15.7 Å². The van der Waals surface area contributed by atoms with Crippen molar-refractivity contribution in [3.05, 3.63) is 64.1 Å². The van der Waals surface area contributed by atoms with Crippen LogP contribution in [0.1, 0.15) is 37.7 Å². The van der Waals surface area contributed by atoms with Gasteiger partial charge >= 0.3 is 5.97 Å². The van der Waals surface area contributed by atoms with Crippen molar-refractivity contribution in [2.45, 2.75) is 32.1 Å². The van der Waals surface area contributed by atoms with Gasteiger partial charge in [-0.15, -0.1) is 0 Å². The lowest BCUT2D eigenvalue weighted by molar-refractivity contribution is -0.142. The second-order valence-electron chi connectivity index (χ2n) is 11.5. The topological polar surface area (TPSA) is 142 Å². The Hall–Kier alpha value is -3.99. The summed E-state index contributed by atoms with van der Waals surface area (Å²) in [5, 5.41) is 19.7. The molecule has 0 unspecified atom stereocenters. The number of methoxy groups -OCH3 is 1. The number of phenolic OH excluding ortho intramolecular Hbond substituents is 1. The molecule has 0 aromatic heterocycles. The van der Waals surface area contributed by atoms with Gasteiger partial charge < -0.3 is 14.9 Å². The number of carboxylic acid groups (broad SMARTS) is 1. The molecule has 2 aromatic carbocycles. The first-order chi connectivity index (χ1) is 20.0. The van der Waals surface area contributed by atoms with Gasteiger partial charge in [-0.1, -0.05) is 29.8 Å². The number of imide groups is 2. The second kappa shape index (κ2) is 10.1. The molecule has 42 heavy (non-hydrogen) atoms. The van der Waals surface area contributed by atoms with Crippen LogP contribution in [0.15, 0.2) is 58.6 Å². The number of hydrogen-bond donors (Lipinski definition) is 2. The molecule has 4 amide bonds. The van der Waals surface area contributed by atoms with Crippen LogP contribution >= 0.6 is 15.9 Å². The van der Waals surface area contributed by atoms with E-state index < -0.39 is 52.8 Å². The highest BCUT2D eigenvalue weighted by molar-refractivity contribution is 9.10. The molecule has 1 saturated carbocycles. The number of halogens is 1. The molecule has 2 saturated heterocycles. The molecule has 3 fully saturated rings. The van der Waals surface area contributed by atoms with Crippen molar-refractivity contribution in [3.63, 3.8) is 0 Å². The van der Waals surface area contributed by atoms with E-state index in [1.54, 1.807) is 49.4 Å². The van der Waals surface area contributed by atoms with Crippen molar-refractivity contribution in [2.75, 3.05) is 18.6 Å². The van der Waals surface area contributed by atoms with Gasteiger partial charge in [0.15, 0.2) is 11.5 Å². The SMILES string of the molecule is COc1cc([C@H]2C3=CC[C@@H]4C(=O)N(CCC(=O)O)C(=O)[C@@H]4[C@@H]3C[C@H]3C(=O)N(c4ccccc4)C(=O)[C@@]23C)cc(Br)c1O. The minimum Gasteiger partial charge on any atom is -0.503 e.